The van der Waals surface area contributed by atoms with Crippen molar-refractivity contribution in [3.05, 3.63) is 0 Å². The monoisotopic (exact) mass is 299 g/mol. The summed E-state index contributed by atoms with van der Waals surface area (Å²) in [5.74, 6) is -3.76. The zero-order valence-corrected chi connectivity index (χ0v) is 12.7. The van der Waals surface area contributed by atoms with Crippen LogP contribution in [0.3, 0.4) is 0 Å². The van der Waals surface area contributed by atoms with Gasteiger partial charge in [-0.25, -0.2) is 4.39 Å². The molecule has 19 heavy (non-hydrogen) atoms. The fourth-order valence-electron chi connectivity index (χ4n) is 1.45. The van der Waals surface area contributed by atoms with Crippen molar-refractivity contribution in [1.29, 1.82) is 0 Å². The summed E-state index contributed by atoms with van der Waals surface area (Å²) in [7, 11) is -3.93. The lowest BCUT2D eigenvalue weighted by molar-refractivity contribution is -0.146. The van der Waals surface area contributed by atoms with E-state index in [4.69, 9.17) is 19.5 Å². The molecule has 8 heteroatoms. The van der Waals surface area contributed by atoms with Gasteiger partial charge in [0.25, 0.3) is 0 Å². The van der Waals surface area contributed by atoms with Crippen LogP contribution in [0.2, 0.25) is 0 Å². The van der Waals surface area contributed by atoms with Crippen LogP contribution in [0.5, 0.6) is 0 Å². The van der Waals surface area contributed by atoms with Gasteiger partial charge >= 0.3 is 13.6 Å². The molecule has 2 N–H and O–H groups in total. The molecule has 0 aromatic rings. The average Bonchev–Trinajstić information content (AvgIpc) is 2.37. The van der Waals surface area contributed by atoms with E-state index >= 15 is 0 Å². The SMILES string of the molecule is CCOC(=O)[C@@H](N)[C@@H](C)[C@@H](F)P(=O)(OCC)OCC. The van der Waals surface area contributed by atoms with Gasteiger partial charge in [-0.1, -0.05) is 6.92 Å². The van der Waals surface area contributed by atoms with Crippen LogP contribution >= 0.6 is 7.60 Å². The third-order valence-electron chi connectivity index (χ3n) is 2.48. The normalized spacial score (nSPS) is 16.7. The Labute approximate surface area is 113 Å². The summed E-state index contributed by atoms with van der Waals surface area (Å²) in [5.41, 5.74) is 5.59. The lowest BCUT2D eigenvalue weighted by atomic mass is 10.1. The Kier molecular flexibility index (Phi) is 8.41. The molecule has 0 spiro atoms. The number of carbonyl (C=O) groups excluding carboxylic acids is 1. The van der Waals surface area contributed by atoms with E-state index in [2.05, 4.69) is 0 Å². The number of ether oxygens (including phenoxy) is 1. The summed E-state index contributed by atoms with van der Waals surface area (Å²) in [4.78, 5) is 11.4. The second kappa shape index (κ2) is 8.64. The van der Waals surface area contributed by atoms with Crippen molar-refractivity contribution in [2.75, 3.05) is 19.8 Å². The minimum atomic E-state index is -3.93. The molecule has 0 aliphatic heterocycles. The first-order valence-corrected chi connectivity index (χ1v) is 7.90. The molecule has 114 valence electrons. The van der Waals surface area contributed by atoms with Crippen LogP contribution in [-0.4, -0.2) is 37.7 Å². The molecule has 0 aliphatic rings. The standard InChI is InChI=1S/C11H23FNO5P/c1-5-16-11(14)9(13)8(4)10(12)19(15,17-6-2)18-7-3/h8-10H,5-7,13H2,1-4H3/t8-,9+,10+/m1/s1. The molecule has 0 aliphatic carbocycles. The Morgan fingerprint density at radius 2 is 1.68 bits per heavy atom. The summed E-state index contributed by atoms with van der Waals surface area (Å²) in [6.07, 6.45) is 0. The van der Waals surface area contributed by atoms with Crippen molar-refractivity contribution in [2.24, 2.45) is 11.7 Å². The van der Waals surface area contributed by atoms with Gasteiger partial charge in [0.15, 0.2) is 0 Å². The van der Waals surface area contributed by atoms with Crippen LogP contribution in [0.1, 0.15) is 27.7 Å². The summed E-state index contributed by atoms with van der Waals surface area (Å²) in [6, 6.07) is -1.22. The lowest BCUT2D eigenvalue weighted by Crippen LogP contribution is -2.42. The summed E-state index contributed by atoms with van der Waals surface area (Å²) < 4.78 is 41.0. The van der Waals surface area contributed by atoms with Crippen molar-refractivity contribution < 1.29 is 27.5 Å². The van der Waals surface area contributed by atoms with Crippen molar-refractivity contribution in [3.8, 4) is 0 Å². The second-order valence-electron chi connectivity index (χ2n) is 3.88. The first-order valence-electron chi connectivity index (χ1n) is 6.29. The number of esters is 1. The van der Waals surface area contributed by atoms with E-state index in [0.717, 1.165) is 0 Å². The molecule has 0 radical (unpaired) electrons. The third kappa shape index (κ3) is 5.18. The molecule has 0 rings (SSSR count). The van der Waals surface area contributed by atoms with Gasteiger partial charge in [-0.3, -0.25) is 9.36 Å². The van der Waals surface area contributed by atoms with Crippen LogP contribution in [0.15, 0.2) is 0 Å². The summed E-state index contributed by atoms with van der Waals surface area (Å²) in [6.45, 7) is 6.37. The fourth-order valence-corrected chi connectivity index (χ4v) is 3.29. The van der Waals surface area contributed by atoms with Gasteiger partial charge < -0.3 is 19.5 Å². The van der Waals surface area contributed by atoms with E-state index in [9.17, 15) is 13.8 Å². The molecule has 0 heterocycles. The molecular weight excluding hydrogens is 276 g/mol. The Bertz CT molecular complexity index is 318. The van der Waals surface area contributed by atoms with E-state index in [0.29, 0.717) is 0 Å². The number of nitrogens with two attached hydrogens (primary N) is 1. The summed E-state index contributed by atoms with van der Waals surface area (Å²) in [5, 5.41) is 0. The van der Waals surface area contributed by atoms with Gasteiger partial charge in [-0.2, -0.15) is 0 Å². The topological polar surface area (TPSA) is 87.9 Å². The molecule has 0 amide bonds. The molecule has 0 fully saturated rings. The maximum absolute atomic E-state index is 14.3. The number of alkyl halides is 1. The van der Waals surface area contributed by atoms with Gasteiger partial charge in [-0.05, 0) is 20.8 Å². The number of halogens is 1. The fraction of sp³-hybridized carbons (Fsp3) is 0.909. The molecule has 3 atom stereocenters. The number of carbonyl (C=O) groups is 1. The smallest absolute Gasteiger partial charge is 0.364 e. The molecule has 0 unspecified atom stereocenters. The molecule has 0 saturated carbocycles. The third-order valence-corrected chi connectivity index (χ3v) is 4.79. The lowest BCUT2D eigenvalue weighted by Gasteiger charge is -2.27. The second-order valence-corrected chi connectivity index (χ2v) is 5.97. The predicted molar refractivity (Wildman–Crippen MR) is 69.5 cm³/mol. The largest absolute Gasteiger partial charge is 0.465 e. The zero-order chi connectivity index (χ0) is 15.1. The van der Waals surface area contributed by atoms with Crippen molar-refractivity contribution in [3.63, 3.8) is 0 Å². The van der Waals surface area contributed by atoms with Crippen LogP contribution in [0.25, 0.3) is 0 Å². The Hall–Kier alpha value is -0.490. The number of hydrogen-bond acceptors (Lipinski definition) is 6. The van der Waals surface area contributed by atoms with Crippen molar-refractivity contribution in [1.82, 2.24) is 0 Å². The van der Waals surface area contributed by atoms with E-state index in [1.54, 1.807) is 20.8 Å². The Balaban J connectivity index is 4.88. The average molecular weight is 299 g/mol. The van der Waals surface area contributed by atoms with E-state index in [1.807, 2.05) is 0 Å². The van der Waals surface area contributed by atoms with Crippen LogP contribution in [0.4, 0.5) is 4.39 Å². The highest BCUT2D eigenvalue weighted by Gasteiger charge is 2.43. The van der Waals surface area contributed by atoms with Gasteiger partial charge in [0, 0.05) is 5.92 Å². The predicted octanol–water partition coefficient (Wildman–Crippen LogP) is 2.07. The molecular formula is C11H23FNO5P. The Morgan fingerprint density at radius 1 is 1.21 bits per heavy atom. The molecule has 0 aromatic carbocycles. The highest BCUT2D eigenvalue weighted by molar-refractivity contribution is 7.54. The van der Waals surface area contributed by atoms with Gasteiger partial charge in [0.05, 0.1) is 19.8 Å². The number of rotatable bonds is 9. The van der Waals surface area contributed by atoms with Crippen molar-refractivity contribution >= 4 is 13.6 Å². The minimum Gasteiger partial charge on any atom is -0.465 e. The van der Waals surface area contributed by atoms with Crippen LogP contribution in [-0.2, 0) is 23.1 Å². The minimum absolute atomic E-state index is 0.0407. The van der Waals surface area contributed by atoms with E-state index in [1.165, 1.54) is 6.92 Å². The highest BCUT2D eigenvalue weighted by atomic mass is 31.2. The van der Waals surface area contributed by atoms with Gasteiger partial charge in [0.2, 0.25) is 5.91 Å². The quantitative estimate of drug-likeness (QED) is 0.518. The molecule has 0 bridgehead atoms. The van der Waals surface area contributed by atoms with Crippen LogP contribution < -0.4 is 5.73 Å². The molecule has 0 aromatic heterocycles. The highest BCUT2D eigenvalue weighted by Crippen LogP contribution is 2.56. The van der Waals surface area contributed by atoms with Gasteiger partial charge in [0.1, 0.15) is 6.04 Å². The van der Waals surface area contributed by atoms with Crippen molar-refractivity contribution in [2.45, 2.75) is 39.6 Å². The molecule has 6 nitrogen and oxygen atoms in total. The zero-order valence-electron chi connectivity index (χ0n) is 11.8. The first-order chi connectivity index (χ1) is 8.83. The number of hydrogen-bond donors (Lipinski definition) is 1. The maximum Gasteiger partial charge on any atom is 0.364 e. The first kappa shape index (κ1) is 18.5. The van der Waals surface area contributed by atoms with E-state index < -0.39 is 31.4 Å². The molecule has 0 saturated heterocycles. The summed E-state index contributed by atoms with van der Waals surface area (Å²) >= 11 is 0. The Morgan fingerprint density at radius 3 is 2.05 bits per heavy atom. The van der Waals surface area contributed by atoms with Crippen LogP contribution in [0, 0.1) is 5.92 Å². The van der Waals surface area contributed by atoms with E-state index in [-0.39, 0.29) is 19.8 Å². The maximum atomic E-state index is 14.3. The van der Waals surface area contributed by atoms with Gasteiger partial charge in [-0.15, -0.1) is 0 Å².